The second kappa shape index (κ2) is 5.39. The Hall–Kier alpha value is -1.90. The fourth-order valence-corrected chi connectivity index (χ4v) is 1.92. The molecule has 0 aliphatic carbocycles. The maximum atomic E-state index is 13.7. The molecule has 0 saturated carbocycles. The SMILES string of the molecule is O=[N+]([O-])c1ccc(F)c(F)c1-n1cc(CCBr)nn1. The Balaban J connectivity index is 2.58. The third kappa shape index (κ3) is 2.60. The van der Waals surface area contributed by atoms with Crippen molar-refractivity contribution in [2.75, 3.05) is 5.33 Å². The van der Waals surface area contributed by atoms with Gasteiger partial charge in [-0.25, -0.2) is 13.5 Å². The number of alkyl halides is 1. The van der Waals surface area contributed by atoms with E-state index in [1.54, 1.807) is 0 Å². The van der Waals surface area contributed by atoms with Crippen LogP contribution in [0.4, 0.5) is 14.5 Å². The lowest BCUT2D eigenvalue weighted by Crippen LogP contribution is -2.05. The van der Waals surface area contributed by atoms with Gasteiger partial charge in [-0.2, -0.15) is 0 Å². The van der Waals surface area contributed by atoms with E-state index < -0.39 is 27.9 Å². The molecule has 0 amide bonds. The Kier molecular flexibility index (Phi) is 3.84. The molecule has 0 N–H and O–H groups in total. The fraction of sp³-hybridized carbons (Fsp3) is 0.200. The average Bonchev–Trinajstić information content (AvgIpc) is 2.81. The van der Waals surface area contributed by atoms with Gasteiger partial charge in [0.2, 0.25) is 0 Å². The highest BCUT2D eigenvalue weighted by molar-refractivity contribution is 9.09. The van der Waals surface area contributed by atoms with Crippen LogP contribution in [0.2, 0.25) is 0 Å². The number of hydrogen-bond acceptors (Lipinski definition) is 4. The van der Waals surface area contributed by atoms with E-state index in [-0.39, 0.29) is 0 Å². The van der Waals surface area contributed by atoms with Crippen molar-refractivity contribution in [3.63, 3.8) is 0 Å². The van der Waals surface area contributed by atoms with Crippen LogP contribution in [0, 0.1) is 21.7 Å². The summed E-state index contributed by atoms with van der Waals surface area (Å²) in [6.07, 6.45) is 1.84. The minimum absolute atomic E-state index is 0.509. The number of rotatable bonds is 4. The minimum Gasteiger partial charge on any atom is -0.258 e. The van der Waals surface area contributed by atoms with Crippen molar-refractivity contribution in [1.82, 2.24) is 15.0 Å². The molecule has 1 heterocycles. The molecule has 19 heavy (non-hydrogen) atoms. The molecule has 2 rings (SSSR count). The predicted molar refractivity (Wildman–Crippen MR) is 65.4 cm³/mol. The lowest BCUT2D eigenvalue weighted by Gasteiger charge is -2.03. The van der Waals surface area contributed by atoms with Gasteiger partial charge in [-0.15, -0.1) is 5.10 Å². The smallest absolute Gasteiger partial charge is 0.258 e. The third-order valence-electron chi connectivity index (χ3n) is 2.37. The van der Waals surface area contributed by atoms with E-state index in [2.05, 4.69) is 26.2 Å². The standard InChI is InChI=1S/C10H7BrF2N4O2/c11-4-3-6-5-16(15-14-6)10-8(17(18)19)2-1-7(12)9(10)13/h1-2,5H,3-4H2. The number of benzene rings is 1. The summed E-state index contributed by atoms with van der Waals surface area (Å²) in [5.74, 6) is -2.51. The van der Waals surface area contributed by atoms with E-state index in [4.69, 9.17) is 0 Å². The van der Waals surface area contributed by atoms with Crippen LogP contribution in [0.3, 0.4) is 0 Å². The Morgan fingerprint density at radius 3 is 2.79 bits per heavy atom. The first kappa shape index (κ1) is 13.5. The molecular weight excluding hydrogens is 326 g/mol. The number of nitro benzene ring substituents is 1. The molecule has 9 heteroatoms. The zero-order chi connectivity index (χ0) is 14.0. The van der Waals surface area contributed by atoms with Gasteiger partial charge in [0.1, 0.15) is 0 Å². The van der Waals surface area contributed by atoms with Crippen molar-refractivity contribution in [2.24, 2.45) is 0 Å². The molecule has 0 fully saturated rings. The van der Waals surface area contributed by atoms with Gasteiger partial charge >= 0.3 is 0 Å². The highest BCUT2D eigenvalue weighted by atomic mass is 79.9. The van der Waals surface area contributed by atoms with Crippen LogP contribution in [-0.2, 0) is 6.42 Å². The third-order valence-corrected chi connectivity index (χ3v) is 2.76. The number of nitrogens with zero attached hydrogens (tertiary/aromatic N) is 4. The molecule has 0 radical (unpaired) electrons. The van der Waals surface area contributed by atoms with E-state index in [1.165, 1.54) is 6.20 Å². The molecule has 0 bridgehead atoms. The lowest BCUT2D eigenvalue weighted by atomic mass is 10.2. The van der Waals surface area contributed by atoms with Gasteiger partial charge in [-0.05, 0) is 6.07 Å². The molecule has 0 spiro atoms. The van der Waals surface area contributed by atoms with E-state index in [1.807, 2.05) is 0 Å². The first-order valence-electron chi connectivity index (χ1n) is 5.14. The topological polar surface area (TPSA) is 73.8 Å². The van der Waals surface area contributed by atoms with Gasteiger partial charge in [0.05, 0.1) is 16.8 Å². The van der Waals surface area contributed by atoms with Crippen LogP contribution >= 0.6 is 15.9 Å². The number of aromatic nitrogens is 3. The molecular formula is C10H7BrF2N4O2. The van der Waals surface area contributed by atoms with Crippen molar-refractivity contribution in [3.05, 3.63) is 45.8 Å². The number of halogens is 3. The van der Waals surface area contributed by atoms with Crippen LogP contribution in [0.5, 0.6) is 0 Å². The van der Waals surface area contributed by atoms with E-state index in [0.717, 1.165) is 10.7 Å². The van der Waals surface area contributed by atoms with Gasteiger partial charge in [0.15, 0.2) is 17.3 Å². The predicted octanol–water partition coefficient (Wildman–Crippen LogP) is 2.39. The van der Waals surface area contributed by atoms with Crippen molar-refractivity contribution in [3.8, 4) is 5.69 Å². The van der Waals surface area contributed by atoms with Crippen LogP contribution in [-0.4, -0.2) is 25.2 Å². The zero-order valence-corrected chi connectivity index (χ0v) is 11.0. The second-order valence-electron chi connectivity index (χ2n) is 3.58. The van der Waals surface area contributed by atoms with Crippen LogP contribution in [0.25, 0.3) is 5.69 Å². The van der Waals surface area contributed by atoms with Crippen LogP contribution in [0.1, 0.15) is 5.69 Å². The van der Waals surface area contributed by atoms with Gasteiger partial charge < -0.3 is 0 Å². The molecule has 0 aliphatic rings. The van der Waals surface area contributed by atoms with E-state index >= 15 is 0 Å². The summed E-state index contributed by atoms with van der Waals surface area (Å²) in [5.41, 5.74) is -0.623. The molecule has 2 aromatic rings. The summed E-state index contributed by atoms with van der Waals surface area (Å²) in [6.45, 7) is 0. The average molecular weight is 333 g/mol. The summed E-state index contributed by atoms with van der Waals surface area (Å²) in [4.78, 5) is 10.0. The fourth-order valence-electron chi connectivity index (χ4n) is 1.51. The lowest BCUT2D eigenvalue weighted by molar-refractivity contribution is -0.384. The number of aryl methyl sites for hydroxylation is 1. The molecule has 6 nitrogen and oxygen atoms in total. The van der Waals surface area contributed by atoms with Crippen molar-refractivity contribution in [1.29, 1.82) is 0 Å². The van der Waals surface area contributed by atoms with Gasteiger partial charge in [0, 0.05) is 17.8 Å². The minimum atomic E-state index is -1.33. The quantitative estimate of drug-likeness (QED) is 0.489. The van der Waals surface area contributed by atoms with E-state index in [9.17, 15) is 18.9 Å². The maximum absolute atomic E-state index is 13.7. The van der Waals surface area contributed by atoms with Gasteiger partial charge in [-0.3, -0.25) is 10.1 Å². The summed E-state index contributed by atoms with van der Waals surface area (Å²) < 4.78 is 27.8. The molecule has 0 atom stereocenters. The Labute approximate surface area is 114 Å². The molecule has 100 valence electrons. The van der Waals surface area contributed by atoms with Crippen molar-refractivity contribution < 1.29 is 13.7 Å². The van der Waals surface area contributed by atoms with Gasteiger partial charge in [-0.1, -0.05) is 21.1 Å². The van der Waals surface area contributed by atoms with Crippen LogP contribution < -0.4 is 0 Å². The molecule has 1 aromatic carbocycles. The Morgan fingerprint density at radius 1 is 1.42 bits per heavy atom. The van der Waals surface area contributed by atoms with Crippen molar-refractivity contribution >= 4 is 21.6 Å². The molecule has 0 aliphatic heterocycles. The summed E-state index contributed by atoms with van der Waals surface area (Å²) in [5, 5.41) is 18.8. The largest absolute Gasteiger partial charge is 0.298 e. The maximum Gasteiger partial charge on any atom is 0.298 e. The first-order valence-corrected chi connectivity index (χ1v) is 6.26. The molecule has 1 aromatic heterocycles. The number of nitro groups is 1. The second-order valence-corrected chi connectivity index (χ2v) is 4.37. The molecule has 0 unspecified atom stereocenters. The Bertz CT molecular complexity index is 632. The first-order chi connectivity index (χ1) is 9.04. The summed E-state index contributed by atoms with van der Waals surface area (Å²) in [6, 6.07) is 1.59. The normalized spacial score (nSPS) is 10.7. The summed E-state index contributed by atoms with van der Waals surface area (Å²) in [7, 11) is 0. The Morgan fingerprint density at radius 2 is 2.16 bits per heavy atom. The molecule has 0 saturated heterocycles. The zero-order valence-electron chi connectivity index (χ0n) is 9.39. The highest BCUT2D eigenvalue weighted by Crippen LogP contribution is 2.27. The highest BCUT2D eigenvalue weighted by Gasteiger charge is 2.24. The van der Waals surface area contributed by atoms with Gasteiger partial charge in [0.25, 0.3) is 5.69 Å². The van der Waals surface area contributed by atoms with Crippen molar-refractivity contribution in [2.45, 2.75) is 6.42 Å². The van der Waals surface area contributed by atoms with Crippen LogP contribution in [0.15, 0.2) is 18.3 Å². The number of hydrogen-bond donors (Lipinski definition) is 0. The van der Waals surface area contributed by atoms with E-state index in [0.29, 0.717) is 23.5 Å². The monoisotopic (exact) mass is 332 g/mol. The summed E-state index contributed by atoms with van der Waals surface area (Å²) >= 11 is 3.20.